The van der Waals surface area contributed by atoms with Gasteiger partial charge in [-0.2, -0.15) is 0 Å². The first-order valence-corrected chi connectivity index (χ1v) is 5.96. The van der Waals surface area contributed by atoms with Crippen LogP contribution >= 0.6 is 0 Å². The lowest BCUT2D eigenvalue weighted by Crippen LogP contribution is -2.19. The van der Waals surface area contributed by atoms with Crippen LogP contribution in [-0.4, -0.2) is 26.7 Å². The second-order valence-corrected chi connectivity index (χ2v) is 4.22. The van der Waals surface area contributed by atoms with Crippen molar-refractivity contribution < 1.29 is 13.9 Å². The Kier molecular flexibility index (Phi) is 3.87. The summed E-state index contributed by atoms with van der Waals surface area (Å²) in [6.45, 7) is 0.790. The number of methoxy groups -OCH3 is 1. The zero-order chi connectivity index (χ0) is 13.0. The van der Waals surface area contributed by atoms with Gasteiger partial charge in [0.25, 0.3) is 0 Å². The normalized spacial score (nSPS) is 10.6. The van der Waals surface area contributed by atoms with Gasteiger partial charge in [-0.15, -0.1) is 0 Å². The third-order valence-electron chi connectivity index (χ3n) is 2.97. The number of rotatable bonds is 5. The molecule has 0 fully saturated rings. The summed E-state index contributed by atoms with van der Waals surface area (Å²) in [5.74, 6) is -0.166. The molecule has 0 radical (unpaired) electrons. The maximum absolute atomic E-state index is 11.0. The smallest absolute Gasteiger partial charge is 0.305 e. The van der Waals surface area contributed by atoms with E-state index in [0.29, 0.717) is 6.42 Å². The highest BCUT2D eigenvalue weighted by Crippen LogP contribution is 2.28. The van der Waals surface area contributed by atoms with Gasteiger partial charge in [0.2, 0.25) is 0 Å². The number of carbonyl (C=O) groups excluding carboxylic acids is 1. The molecule has 2 rings (SSSR count). The predicted molar refractivity (Wildman–Crippen MR) is 70.7 cm³/mol. The summed E-state index contributed by atoms with van der Waals surface area (Å²) in [7, 11) is 3.41. The highest BCUT2D eigenvalue weighted by Gasteiger charge is 2.10. The van der Waals surface area contributed by atoms with Crippen molar-refractivity contribution in [2.45, 2.75) is 12.8 Å². The molecule has 0 spiro atoms. The van der Waals surface area contributed by atoms with Crippen LogP contribution in [0.3, 0.4) is 0 Å². The lowest BCUT2D eigenvalue weighted by Gasteiger charge is -2.17. The Morgan fingerprint density at radius 1 is 1.39 bits per heavy atom. The van der Waals surface area contributed by atoms with Crippen LogP contribution in [0.2, 0.25) is 0 Å². The van der Waals surface area contributed by atoms with Crippen LogP contribution in [0.1, 0.15) is 12.8 Å². The molecule has 1 aromatic heterocycles. The molecule has 1 heterocycles. The predicted octanol–water partition coefficient (Wildman–Crippen LogP) is 2.82. The lowest BCUT2D eigenvalue weighted by molar-refractivity contribution is -0.140. The highest BCUT2D eigenvalue weighted by atomic mass is 16.5. The Hall–Kier alpha value is -1.97. The summed E-state index contributed by atoms with van der Waals surface area (Å²) >= 11 is 0. The number of para-hydroxylation sites is 1. The summed E-state index contributed by atoms with van der Waals surface area (Å²) in [5, 5.41) is 1.10. The molecule has 2 aromatic rings. The number of nitrogens with zero attached hydrogens (tertiary/aromatic N) is 1. The quantitative estimate of drug-likeness (QED) is 0.762. The van der Waals surface area contributed by atoms with Gasteiger partial charge in [-0.3, -0.25) is 4.79 Å². The van der Waals surface area contributed by atoms with Crippen molar-refractivity contribution in [3.63, 3.8) is 0 Å². The van der Waals surface area contributed by atoms with Crippen molar-refractivity contribution in [2.75, 3.05) is 25.6 Å². The SMILES string of the molecule is COC(=O)CCCN(C)c1coc2ccccc12. The third kappa shape index (κ3) is 2.64. The van der Waals surface area contributed by atoms with Crippen molar-refractivity contribution >= 4 is 22.6 Å². The van der Waals surface area contributed by atoms with Gasteiger partial charge in [0.05, 0.1) is 12.8 Å². The first kappa shape index (κ1) is 12.5. The fourth-order valence-electron chi connectivity index (χ4n) is 1.94. The van der Waals surface area contributed by atoms with Crippen LogP contribution in [0.4, 0.5) is 5.69 Å². The zero-order valence-electron chi connectivity index (χ0n) is 10.7. The molecule has 0 unspecified atom stereocenters. The summed E-state index contributed by atoms with van der Waals surface area (Å²) in [6, 6.07) is 7.92. The summed E-state index contributed by atoms with van der Waals surface area (Å²) in [5.41, 5.74) is 1.93. The van der Waals surface area contributed by atoms with E-state index in [0.717, 1.165) is 29.6 Å². The van der Waals surface area contributed by atoms with Gasteiger partial charge in [-0.05, 0) is 18.6 Å². The van der Waals surface area contributed by atoms with Crippen LogP contribution < -0.4 is 4.90 Å². The molecule has 4 nitrogen and oxygen atoms in total. The molecule has 0 aliphatic carbocycles. The molecular formula is C14H17NO3. The molecule has 18 heavy (non-hydrogen) atoms. The van der Waals surface area contributed by atoms with Crippen molar-refractivity contribution in [3.05, 3.63) is 30.5 Å². The largest absolute Gasteiger partial charge is 0.469 e. The first-order valence-electron chi connectivity index (χ1n) is 5.96. The minimum atomic E-state index is -0.166. The molecule has 4 heteroatoms. The molecule has 1 aromatic carbocycles. The number of anilines is 1. The van der Waals surface area contributed by atoms with E-state index in [1.54, 1.807) is 6.26 Å². The molecule has 0 aliphatic heterocycles. The van der Waals surface area contributed by atoms with Crippen LogP contribution in [0.25, 0.3) is 11.0 Å². The van der Waals surface area contributed by atoms with Crippen molar-refractivity contribution in [1.82, 2.24) is 0 Å². The van der Waals surface area contributed by atoms with Crippen LogP contribution in [0, 0.1) is 0 Å². The number of furan rings is 1. The fourth-order valence-corrected chi connectivity index (χ4v) is 1.94. The van der Waals surface area contributed by atoms with Gasteiger partial charge >= 0.3 is 5.97 Å². The number of fused-ring (bicyclic) bond motifs is 1. The average molecular weight is 247 g/mol. The molecule has 0 saturated heterocycles. The molecular weight excluding hydrogens is 230 g/mol. The number of ether oxygens (including phenoxy) is 1. The Morgan fingerprint density at radius 3 is 2.94 bits per heavy atom. The van der Waals surface area contributed by atoms with Crippen LogP contribution in [0.15, 0.2) is 34.9 Å². The maximum Gasteiger partial charge on any atom is 0.305 e. The van der Waals surface area contributed by atoms with Gasteiger partial charge < -0.3 is 14.1 Å². The Morgan fingerprint density at radius 2 is 2.17 bits per heavy atom. The second-order valence-electron chi connectivity index (χ2n) is 4.22. The van der Waals surface area contributed by atoms with E-state index in [-0.39, 0.29) is 5.97 Å². The molecule has 0 atom stereocenters. The van der Waals surface area contributed by atoms with Crippen LogP contribution in [0.5, 0.6) is 0 Å². The van der Waals surface area contributed by atoms with Gasteiger partial charge in [-0.25, -0.2) is 0 Å². The van der Waals surface area contributed by atoms with E-state index in [1.807, 2.05) is 31.3 Å². The van der Waals surface area contributed by atoms with E-state index in [4.69, 9.17) is 4.42 Å². The number of hydrogen-bond acceptors (Lipinski definition) is 4. The molecule has 0 amide bonds. The Balaban J connectivity index is 2.00. The van der Waals surface area contributed by atoms with Crippen molar-refractivity contribution in [2.24, 2.45) is 0 Å². The molecule has 0 aliphatic rings. The van der Waals surface area contributed by atoms with Crippen molar-refractivity contribution in [3.8, 4) is 0 Å². The van der Waals surface area contributed by atoms with Gasteiger partial charge in [0.15, 0.2) is 0 Å². The van der Waals surface area contributed by atoms with E-state index in [2.05, 4.69) is 9.64 Å². The Bertz CT molecular complexity index is 533. The number of benzene rings is 1. The Labute approximate surface area is 106 Å². The van der Waals surface area contributed by atoms with E-state index >= 15 is 0 Å². The molecule has 0 saturated carbocycles. The topological polar surface area (TPSA) is 42.7 Å². The fraction of sp³-hybridized carbons (Fsp3) is 0.357. The highest BCUT2D eigenvalue weighted by molar-refractivity contribution is 5.90. The number of carbonyl (C=O) groups is 1. The minimum absolute atomic E-state index is 0.166. The second kappa shape index (κ2) is 5.58. The molecule has 0 N–H and O–H groups in total. The minimum Gasteiger partial charge on any atom is -0.469 e. The zero-order valence-corrected chi connectivity index (χ0v) is 10.7. The third-order valence-corrected chi connectivity index (χ3v) is 2.97. The summed E-state index contributed by atoms with van der Waals surface area (Å²) in [4.78, 5) is 13.1. The van der Waals surface area contributed by atoms with E-state index in [1.165, 1.54) is 7.11 Å². The molecule has 96 valence electrons. The standard InChI is InChI=1S/C14H17NO3/c1-15(9-5-8-14(16)17-2)12-10-18-13-7-4-3-6-11(12)13/h3-4,6-7,10H,5,8-9H2,1-2H3. The number of hydrogen-bond donors (Lipinski definition) is 0. The first-order chi connectivity index (χ1) is 8.72. The summed E-state index contributed by atoms with van der Waals surface area (Å²) < 4.78 is 10.1. The monoisotopic (exact) mass is 247 g/mol. The maximum atomic E-state index is 11.0. The average Bonchev–Trinajstić information content (AvgIpc) is 2.82. The van der Waals surface area contributed by atoms with Gasteiger partial charge in [-0.1, -0.05) is 12.1 Å². The summed E-state index contributed by atoms with van der Waals surface area (Å²) in [6.07, 6.45) is 2.96. The van der Waals surface area contributed by atoms with Gasteiger partial charge in [0, 0.05) is 25.4 Å². The lowest BCUT2D eigenvalue weighted by atomic mass is 10.2. The van der Waals surface area contributed by atoms with E-state index < -0.39 is 0 Å². The van der Waals surface area contributed by atoms with Crippen LogP contribution in [-0.2, 0) is 9.53 Å². The molecule has 0 bridgehead atoms. The number of esters is 1. The van der Waals surface area contributed by atoms with E-state index in [9.17, 15) is 4.79 Å². The van der Waals surface area contributed by atoms with Gasteiger partial charge in [0.1, 0.15) is 11.8 Å². The van der Waals surface area contributed by atoms with Crippen molar-refractivity contribution in [1.29, 1.82) is 0 Å².